The molecule has 0 saturated heterocycles. The number of nitro groups is 1. The van der Waals surface area contributed by atoms with Gasteiger partial charge >= 0.3 is 0 Å². The van der Waals surface area contributed by atoms with Gasteiger partial charge in [-0.15, -0.1) is 11.6 Å². The van der Waals surface area contributed by atoms with Gasteiger partial charge in [-0.1, -0.05) is 11.8 Å². The monoisotopic (exact) mass is 231 g/mol. The second kappa shape index (κ2) is 4.71. The molecular formula is C9H4ClF2NO2. The second-order valence-electron chi connectivity index (χ2n) is 2.48. The van der Waals surface area contributed by atoms with Crippen LogP contribution in [0.15, 0.2) is 12.1 Å². The topological polar surface area (TPSA) is 43.1 Å². The first-order chi connectivity index (χ1) is 7.06. The maximum Gasteiger partial charge on any atom is 0.288 e. The number of nitro benzene ring substituents is 1. The molecule has 1 aromatic carbocycles. The van der Waals surface area contributed by atoms with Gasteiger partial charge < -0.3 is 0 Å². The largest absolute Gasteiger partial charge is 0.288 e. The Morgan fingerprint density at radius 3 is 2.53 bits per heavy atom. The van der Waals surface area contributed by atoms with Gasteiger partial charge in [-0.25, -0.2) is 8.78 Å². The molecule has 15 heavy (non-hydrogen) atoms. The number of rotatable bonds is 1. The Hall–Kier alpha value is -1.67. The van der Waals surface area contributed by atoms with E-state index in [0.29, 0.717) is 12.1 Å². The van der Waals surface area contributed by atoms with Crippen LogP contribution in [0.1, 0.15) is 5.56 Å². The summed E-state index contributed by atoms with van der Waals surface area (Å²) >= 11 is 5.24. The summed E-state index contributed by atoms with van der Waals surface area (Å²) in [7, 11) is 0. The van der Waals surface area contributed by atoms with E-state index < -0.39 is 22.2 Å². The zero-order valence-electron chi connectivity index (χ0n) is 7.26. The van der Waals surface area contributed by atoms with E-state index in [0.717, 1.165) is 0 Å². The predicted octanol–water partition coefficient (Wildman–Crippen LogP) is 2.46. The summed E-state index contributed by atoms with van der Waals surface area (Å²) in [6.45, 7) is 0. The number of benzene rings is 1. The van der Waals surface area contributed by atoms with Crippen LogP contribution in [0.5, 0.6) is 0 Å². The van der Waals surface area contributed by atoms with Crippen LogP contribution >= 0.6 is 11.6 Å². The first-order valence-corrected chi connectivity index (χ1v) is 4.28. The van der Waals surface area contributed by atoms with Gasteiger partial charge in [0.05, 0.1) is 16.9 Å². The Morgan fingerprint density at radius 1 is 1.40 bits per heavy atom. The molecule has 0 radical (unpaired) electrons. The Balaban J connectivity index is 3.34. The molecule has 0 N–H and O–H groups in total. The molecule has 0 bridgehead atoms. The maximum atomic E-state index is 12.8. The fourth-order valence-electron chi connectivity index (χ4n) is 0.916. The van der Waals surface area contributed by atoms with Crippen molar-refractivity contribution in [3.63, 3.8) is 0 Å². The van der Waals surface area contributed by atoms with Crippen molar-refractivity contribution in [2.45, 2.75) is 0 Å². The lowest BCUT2D eigenvalue weighted by Gasteiger charge is -1.97. The average Bonchev–Trinajstić information content (AvgIpc) is 2.19. The van der Waals surface area contributed by atoms with E-state index in [2.05, 4.69) is 11.8 Å². The highest BCUT2D eigenvalue weighted by molar-refractivity contribution is 6.19. The number of hydrogen-bond acceptors (Lipinski definition) is 2. The number of alkyl halides is 1. The maximum absolute atomic E-state index is 12.8. The van der Waals surface area contributed by atoms with Crippen LogP contribution in [0.4, 0.5) is 14.5 Å². The number of halogens is 3. The molecule has 6 heteroatoms. The highest BCUT2D eigenvalue weighted by Crippen LogP contribution is 2.21. The van der Waals surface area contributed by atoms with Crippen LogP contribution in [0.2, 0.25) is 0 Å². The van der Waals surface area contributed by atoms with Crippen LogP contribution in [0.3, 0.4) is 0 Å². The quantitative estimate of drug-likeness (QED) is 0.323. The summed E-state index contributed by atoms with van der Waals surface area (Å²) < 4.78 is 25.4. The molecule has 0 saturated carbocycles. The minimum atomic E-state index is -1.28. The van der Waals surface area contributed by atoms with E-state index in [9.17, 15) is 18.9 Å². The van der Waals surface area contributed by atoms with E-state index in [-0.39, 0.29) is 11.4 Å². The van der Waals surface area contributed by atoms with Crippen molar-refractivity contribution >= 4 is 17.3 Å². The molecule has 0 unspecified atom stereocenters. The highest BCUT2D eigenvalue weighted by atomic mass is 35.5. The lowest BCUT2D eigenvalue weighted by molar-refractivity contribution is -0.385. The molecule has 3 nitrogen and oxygen atoms in total. The molecule has 1 rings (SSSR count). The molecule has 1 aromatic rings. The van der Waals surface area contributed by atoms with Crippen LogP contribution in [-0.2, 0) is 0 Å². The van der Waals surface area contributed by atoms with E-state index in [4.69, 9.17) is 11.6 Å². The minimum absolute atomic E-state index is 0.0455. The van der Waals surface area contributed by atoms with Crippen molar-refractivity contribution in [2.24, 2.45) is 0 Å². The Morgan fingerprint density at radius 2 is 2.00 bits per heavy atom. The van der Waals surface area contributed by atoms with Crippen molar-refractivity contribution < 1.29 is 13.7 Å². The molecule has 0 fully saturated rings. The van der Waals surface area contributed by atoms with Gasteiger partial charge in [0.1, 0.15) is 5.56 Å². The van der Waals surface area contributed by atoms with E-state index in [1.54, 1.807) is 0 Å². The molecule has 0 aromatic heterocycles. The zero-order chi connectivity index (χ0) is 11.4. The Bertz CT molecular complexity index is 465. The van der Waals surface area contributed by atoms with Crippen molar-refractivity contribution in [3.05, 3.63) is 39.4 Å². The molecule has 0 heterocycles. The summed E-state index contributed by atoms with van der Waals surface area (Å²) in [4.78, 5) is 9.63. The molecule has 0 spiro atoms. The minimum Gasteiger partial charge on any atom is -0.258 e. The Labute approximate surface area is 88.8 Å². The van der Waals surface area contributed by atoms with E-state index in [1.165, 1.54) is 0 Å². The Kier molecular flexibility index (Phi) is 3.58. The molecule has 0 atom stereocenters. The van der Waals surface area contributed by atoms with Gasteiger partial charge in [-0.05, 0) is 6.07 Å². The first-order valence-electron chi connectivity index (χ1n) is 3.74. The summed E-state index contributed by atoms with van der Waals surface area (Å²) in [5.41, 5.74) is -0.772. The normalized spacial score (nSPS) is 9.27. The van der Waals surface area contributed by atoms with Gasteiger partial charge in [0.15, 0.2) is 11.6 Å². The van der Waals surface area contributed by atoms with Crippen LogP contribution in [-0.4, -0.2) is 10.8 Å². The average molecular weight is 232 g/mol. The molecule has 0 aliphatic heterocycles. The smallest absolute Gasteiger partial charge is 0.258 e. The van der Waals surface area contributed by atoms with E-state index >= 15 is 0 Å². The fourth-order valence-corrected chi connectivity index (χ4v) is 0.983. The third kappa shape index (κ3) is 2.64. The molecular weight excluding hydrogens is 228 g/mol. The van der Waals surface area contributed by atoms with Crippen molar-refractivity contribution in [1.82, 2.24) is 0 Å². The third-order valence-corrected chi connectivity index (χ3v) is 1.66. The molecule has 0 aliphatic carbocycles. The second-order valence-corrected chi connectivity index (χ2v) is 2.74. The van der Waals surface area contributed by atoms with Gasteiger partial charge in [0.25, 0.3) is 5.69 Å². The molecule has 78 valence electrons. The van der Waals surface area contributed by atoms with Crippen molar-refractivity contribution in [1.29, 1.82) is 0 Å². The lowest BCUT2D eigenvalue weighted by Crippen LogP contribution is -1.96. The van der Waals surface area contributed by atoms with Gasteiger partial charge in [-0.3, -0.25) is 10.1 Å². The standard InChI is InChI=1S/C9H4ClF2NO2/c10-3-1-2-6-4-7(11)8(12)5-9(6)13(14)15/h4-5H,3H2. The third-order valence-electron chi connectivity index (χ3n) is 1.53. The molecule has 0 aliphatic rings. The fraction of sp³-hybridized carbons (Fsp3) is 0.111. The van der Waals surface area contributed by atoms with Gasteiger partial charge in [0.2, 0.25) is 0 Å². The summed E-state index contributed by atoms with van der Waals surface area (Å²) in [6, 6.07) is 1.17. The lowest BCUT2D eigenvalue weighted by atomic mass is 10.1. The number of hydrogen-bond donors (Lipinski definition) is 0. The predicted molar refractivity (Wildman–Crippen MR) is 50.6 cm³/mol. The zero-order valence-corrected chi connectivity index (χ0v) is 8.02. The number of nitrogens with zero attached hydrogens (tertiary/aromatic N) is 1. The highest BCUT2D eigenvalue weighted by Gasteiger charge is 2.16. The SMILES string of the molecule is O=[N+]([O-])c1cc(F)c(F)cc1C#CCCl. The molecule has 0 amide bonds. The van der Waals surface area contributed by atoms with Crippen LogP contribution < -0.4 is 0 Å². The van der Waals surface area contributed by atoms with Gasteiger partial charge in [0, 0.05) is 0 Å². The van der Waals surface area contributed by atoms with E-state index in [1.807, 2.05) is 0 Å². The summed E-state index contributed by atoms with van der Waals surface area (Å²) in [6.07, 6.45) is 0. The van der Waals surface area contributed by atoms with Crippen molar-refractivity contribution in [3.8, 4) is 11.8 Å². The summed E-state index contributed by atoms with van der Waals surface area (Å²) in [5.74, 6) is 2.10. The summed E-state index contributed by atoms with van der Waals surface area (Å²) in [5, 5.41) is 10.5. The van der Waals surface area contributed by atoms with Crippen molar-refractivity contribution in [2.75, 3.05) is 5.88 Å². The first kappa shape index (κ1) is 11.4. The van der Waals surface area contributed by atoms with Gasteiger partial charge in [-0.2, -0.15) is 0 Å². The van der Waals surface area contributed by atoms with Crippen LogP contribution in [0.25, 0.3) is 0 Å². The van der Waals surface area contributed by atoms with Crippen LogP contribution in [0, 0.1) is 33.6 Å².